The molecular formula is C15H16FN3O2. The molecule has 2 aromatic rings. The number of anilines is 1. The van der Waals surface area contributed by atoms with E-state index in [1.54, 1.807) is 0 Å². The molecule has 2 rings (SSSR count). The van der Waals surface area contributed by atoms with Crippen LogP contribution in [0.15, 0.2) is 48.5 Å². The summed E-state index contributed by atoms with van der Waals surface area (Å²) >= 11 is 0. The molecule has 0 aromatic heterocycles. The van der Waals surface area contributed by atoms with Crippen LogP contribution >= 0.6 is 0 Å². The molecule has 0 saturated heterocycles. The number of rotatable bonds is 6. The molecule has 0 aliphatic carbocycles. The predicted molar refractivity (Wildman–Crippen MR) is 79.5 cm³/mol. The first kappa shape index (κ1) is 14.9. The Morgan fingerprint density at radius 1 is 1.24 bits per heavy atom. The number of non-ortho nitro benzene ring substituents is 1. The van der Waals surface area contributed by atoms with E-state index in [-0.39, 0.29) is 17.4 Å². The summed E-state index contributed by atoms with van der Waals surface area (Å²) in [4.78, 5) is 9.90. The van der Waals surface area contributed by atoms with Crippen LogP contribution in [0.25, 0.3) is 0 Å². The minimum atomic E-state index is -0.641. The summed E-state index contributed by atoms with van der Waals surface area (Å²) in [5.74, 6) is -0.641. The Morgan fingerprint density at radius 3 is 2.57 bits per heavy atom. The lowest BCUT2D eigenvalue weighted by atomic mass is 10.1. The van der Waals surface area contributed by atoms with Crippen LogP contribution in [-0.2, 0) is 0 Å². The van der Waals surface area contributed by atoms with Gasteiger partial charge in [0.25, 0.3) is 5.69 Å². The summed E-state index contributed by atoms with van der Waals surface area (Å²) in [7, 11) is 0. The van der Waals surface area contributed by atoms with Crippen LogP contribution in [0.5, 0.6) is 0 Å². The first-order chi connectivity index (χ1) is 10.1. The molecule has 1 atom stereocenters. The molecule has 0 fully saturated rings. The molecule has 0 spiro atoms. The van der Waals surface area contributed by atoms with Crippen molar-refractivity contribution < 1.29 is 9.31 Å². The van der Waals surface area contributed by atoms with Gasteiger partial charge in [0.05, 0.1) is 16.7 Å². The van der Waals surface area contributed by atoms with E-state index in [1.165, 1.54) is 12.1 Å². The van der Waals surface area contributed by atoms with Gasteiger partial charge in [0.15, 0.2) is 5.82 Å². The number of nitrogens with one attached hydrogen (secondary N) is 1. The van der Waals surface area contributed by atoms with E-state index < -0.39 is 10.7 Å². The summed E-state index contributed by atoms with van der Waals surface area (Å²) in [5.41, 5.74) is 7.03. The van der Waals surface area contributed by atoms with Crippen LogP contribution in [-0.4, -0.2) is 11.5 Å². The van der Waals surface area contributed by atoms with E-state index in [0.29, 0.717) is 13.0 Å². The molecule has 21 heavy (non-hydrogen) atoms. The van der Waals surface area contributed by atoms with Gasteiger partial charge in [0.2, 0.25) is 0 Å². The van der Waals surface area contributed by atoms with E-state index in [0.717, 1.165) is 11.6 Å². The van der Waals surface area contributed by atoms with Gasteiger partial charge in [-0.2, -0.15) is 0 Å². The molecule has 2 aromatic carbocycles. The van der Waals surface area contributed by atoms with Crippen LogP contribution < -0.4 is 11.1 Å². The molecule has 110 valence electrons. The van der Waals surface area contributed by atoms with Crippen LogP contribution in [0.2, 0.25) is 0 Å². The molecule has 0 aliphatic heterocycles. The number of benzene rings is 2. The summed E-state index contributed by atoms with van der Waals surface area (Å²) in [5, 5.41) is 13.4. The third kappa shape index (κ3) is 4.00. The normalized spacial score (nSPS) is 11.9. The van der Waals surface area contributed by atoms with Crippen molar-refractivity contribution in [1.82, 2.24) is 0 Å². The van der Waals surface area contributed by atoms with Crippen LogP contribution in [0.4, 0.5) is 15.8 Å². The maximum Gasteiger partial charge on any atom is 0.272 e. The average Bonchev–Trinajstić information content (AvgIpc) is 2.49. The minimum Gasteiger partial charge on any atom is -0.383 e. The molecule has 0 heterocycles. The van der Waals surface area contributed by atoms with E-state index >= 15 is 0 Å². The number of hydrogen-bond donors (Lipinski definition) is 2. The number of halogens is 1. The fourth-order valence-corrected chi connectivity index (χ4v) is 1.99. The highest BCUT2D eigenvalue weighted by Gasteiger charge is 2.11. The standard InChI is InChI=1S/C15H16FN3O2/c16-13-10-12(19(20)21)6-7-15(13)18-9-8-14(17)11-4-2-1-3-5-11/h1-7,10,14,18H,8-9,17H2. The molecule has 0 bridgehead atoms. The number of nitro benzene ring substituents is 1. The van der Waals surface area contributed by atoms with Crippen molar-refractivity contribution in [2.24, 2.45) is 5.73 Å². The van der Waals surface area contributed by atoms with Crippen molar-refractivity contribution in [2.75, 3.05) is 11.9 Å². The van der Waals surface area contributed by atoms with Crippen molar-refractivity contribution in [2.45, 2.75) is 12.5 Å². The van der Waals surface area contributed by atoms with Crippen molar-refractivity contribution in [3.05, 3.63) is 70.0 Å². The van der Waals surface area contributed by atoms with Gasteiger partial charge in [-0.15, -0.1) is 0 Å². The van der Waals surface area contributed by atoms with Gasteiger partial charge in [-0.25, -0.2) is 4.39 Å². The Bertz CT molecular complexity index is 620. The molecule has 3 N–H and O–H groups in total. The Balaban J connectivity index is 1.90. The van der Waals surface area contributed by atoms with E-state index in [1.807, 2.05) is 30.3 Å². The van der Waals surface area contributed by atoms with Gasteiger partial charge in [0.1, 0.15) is 0 Å². The van der Waals surface area contributed by atoms with Crippen molar-refractivity contribution in [3.8, 4) is 0 Å². The second-order valence-corrected chi connectivity index (χ2v) is 4.65. The lowest BCUT2D eigenvalue weighted by Crippen LogP contribution is -2.15. The van der Waals surface area contributed by atoms with Gasteiger partial charge in [0, 0.05) is 18.7 Å². The maximum absolute atomic E-state index is 13.7. The Labute approximate surface area is 121 Å². The zero-order valence-electron chi connectivity index (χ0n) is 11.3. The van der Waals surface area contributed by atoms with Crippen LogP contribution in [0, 0.1) is 15.9 Å². The molecule has 0 saturated carbocycles. The van der Waals surface area contributed by atoms with Crippen molar-refractivity contribution >= 4 is 11.4 Å². The summed E-state index contributed by atoms with van der Waals surface area (Å²) in [6.45, 7) is 0.477. The number of nitrogens with zero attached hydrogens (tertiary/aromatic N) is 1. The van der Waals surface area contributed by atoms with E-state index in [9.17, 15) is 14.5 Å². The molecule has 6 heteroatoms. The molecular weight excluding hydrogens is 273 g/mol. The van der Waals surface area contributed by atoms with Gasteiger partial charge in [-0.1, -0.05) is 30.3 Å². The maximum atomic E-state index is 13.7. The molecule has 5 nitrogen and oxygen atoms in total. The smallest absolute Gasteiger partial charge is 0.272 e. The monoisotopic (exact) mass is 289 g/mol. The Morgan fingerprint density at radius 2 is 1.95 bits per heavy atom. The molecule has 0 amide bonds. The number of hydrogen-bond acceptors (Lipinski definition) is 4. The summed E-state index contributed by atoms with van der Waals surface area (Å²) in [6, 6.07) is 13.0. The molecule has 0 aliphatic rings. The van der Waals surface area contributed by atoms with Crippen LogP contribution in [0.3, 0.4) is 0 Å². The second-order valence-electron chi connectivity index (χ2n) is 4.65. The van der Waals surface area contributed by atoms with Crippen molar-refractivity contribution in [3.63, 3.8) is 0 Å². The van der Waals surface area contributed by atoms with Crippen molar-refractivity contribution in [1.29, 1.82) is 0 Å². The molecule has 1 unspecified atom stereocenters. The van der Waals surface area contributed by atoms with Crippen LogP contribution in [0.1, 0.15) is 18.0 Å². The number of nitrogens with two attached hydrogens (primary N) is 1. The second kappa shape index (κ2) is 6.81. The fraction of sp³-hybridized carbons (Fsp3) is 0.200. The Kier molecular flexibility index (Phi) is 4.84. The lowest BCUT2D eigenvalue weighted by Gasteiger charge is -2.13. The third-order valence-electron chi connectivity index (χ3n) is 3.16. The predicted octanol–water partition coefficient (Wildman–Crippen LogP) is 3.24. The summed E-state index contributed by atoms with van der Waals surface area (Å²) in [6.07, 6.45) is 0.625. The minimum absolute atomic E-state index is 0.139. The topological polar surface area (TPSA) is 81.2 Å². The first-order valence-corrected chi connectivity index (χ1v) is 6.56. The van der Waals surface area contributed by atoms with Gasteiger partial charge in [-0.3, -0.25) is 10.1 Å². The summed E-state index contributed by atoms with van der Waals surface area (Å²) < 4.78 is 13.7. The van der Waals surface area contributed by atoms with Gasteiger partial charge >= 0.3 is 0 Å². The zero-order valence-corrected chi connectivity index (χ0v) is 11.3. The third-order valence-corrected chi connectivity index (χ3v) is 3.16. The quantitative estimate of drug-likeness (QED) is 0.632. The highest BCUT2D eigenvalue weighted by Crippen LogP contribution is 2.21. The first-order valence-electron chi connectivity index (χ1n) is 6.56. The highest BCUT2D eigenvalue weighted by molar-refractivity contribution is 5.50. The SMILES string of the molecule is NC(CCNc1ccc([N+](=O)[O-])cc1F)c1ccccc1. The average molecular weight is 289 g/mol. The van der Waals surface area contributed by atoms with E-state index in [4.69, 9.17) is 5.73 Å². The van der Waals surface area contributed by atoms with Gasteiger partial charge in [-0.05, 0) is 18.1 Å². The largest absolute Gasteiger partial charge is 0.383 e. The van der Waals surface area contributed by atoms with Gasteiger partial charge < -0.3 is 11.1 Å². The fourth-order valence-electron chi connectivity index (χ4n) is 1.99. The highest BCUT2D eigenvalue weighted by atomic mass is 19.1. The molecule has 0 radical (unpaired) electrons. The van der Waals surface area contributed by atoms with E-state index in [2.05, 4.69) is 5.32 Å². The Hall–Kier alpha value is -2.47. The zero-order chi connectivity index (χ0) is 15.2. The lowest BCUT2D eigenvalue weighted by molar-refractivity contribution is -0.385. The number of nitro groups is 1.